The van der Waals surface area contributed by atoms with Gasteiger partial charge in [0.2, 0.25) is 0 Å². The Bertz CT molecular complexity index is 744. The van der Waals surface area contributed by atoms with Crippen LogP contribution in [0.3, 0.4) is 0 Å². The van der Waals surface area contributed by atoms with Gasteiger partial charge in [0.15, 0.2) is 5.79 Å². The molecule has 0 unspecified atom stereocenters. The van der Waals surface area contributed by atoms with Crippen LogP contribution in [0.15, 0.2) is 24.3 Å². The Kier molecular flexibility index (Phi) is 2.47. The van der Waals surface area contributed by atoms with E-state index in [1.54, 1.807) is 7.11 Å². The molecule has 6 fully saturated rings. The summed E-state index contributed by atoms with van der Waals surface area (Å²) in [6.45, 7) is 2.56. The molecule has 25 heavy (non-hydrogen) atoms. The van der Waals surface area contributed by atoms with Gasteiger partial charge < -0.3 is 19.5 Å². The van der Waals surface area contributed by atoms with Gasteiger partial charge in [0.05, 0.1) is 20.3 Å². The molecule has 5 saturated carbocycles. The monoisotopic (exact) mass is 339 g/mol. The first-order valence-corrected chi connectivity index (χ1v) is 9.98. The van der Waals surface area contributed by atoms with Crippen molar-refractivity contribution in [3.8, 4) is 5.75 Å². The number of methoxy groups -OCH3 is 1. The lowest BCUT2D eigenvalue weighted by molar-refractivity contribution is -0.264. The summed E-state index contributed by atoms with van der Waals surface area (Å²) in [4.78, 5) is 0. The first-order valence-electron chi connectivity index (χ1n) is 9.98. The summed E-state index contributed by atoms with van der Waals surface area (Å²) in [7, 11) is 1.74. The number of benzene rings is 1. The van der Waals surface area contributed by atoms with Crippen molar-refractivity contribution in [2.75, 3.05) is 20.3 Å². The molecule has 1 aromatic rings. The number of hydrogen-bond donors (Lipinski definition) is 1. The van der Waals surface area contributed by atoms with Crippen molar-refractivity contribution in [3.63, 3.8) is 0 Å². The molecule has 1 saturated heterocycles. The Hall–Kier alpha value is -1.10. The number of hydrogen-bond acceptors (Lipinski definition) is 4. The van der Waals surface area contributed by atoms with Crippen molar-refractivity contribution in [2.24, 2.45) is 47.3 Å². The molecule has 5 aliphatic carbocycles. The highest BCUT2D eigenvalue weighted by molar-refractivity contribution is 5.35. The summed E-state index contributed by atoms with van der Waals surface area (Å²) in [5, 5.41) is 3.97. The van der Waals surface area contributed by atoms with Crippen LogP contribution in [0.2, 0.25) is 0 Å². The van der Waals surface area contributed by atoms with Crippen molar-refractivity contribution < 1.29 is 14.2 Å². The van der Waals surface area contributed by atoms with Crippen LogP contribution in [-0.2, 0) is 16.0 Å². The summed E-state index contributed by atoms with van der Waals surface area (Å²) in [6, 6.07) is 9.13. The van der Waals surface area contributed by atoms with Crippen LogP contribution in [-0.4, -0.2) is 32.2 Å². The van der Waals surface area contributed by atoms with Gasteiger partial charge in [-0.25, -0.2) is 0 Å². The van der Waals surface area contributed by atoms with Gasteiger partial charge >= 0.3 is 0 Å². The molecule has 132 valence electrons. The van der Waals surface area contributed by atoms with E-state index in [1.807, 2.05) is 6.07 Å². The fourth-order valence-electron chi connectivity index (χ4n) is 8.60. The Balaban J connectivity index is 1.19. The first kappa shape index (κ1) is 14.0. The van der Waals surface area contributed by atoms with E-state index < -0.39 is 0 Å². The molecule has 2 bridgehead atoms. The summed E-state index contributed by atoms with van der Waals surface area (Å²) in [6.07, 6.45) is 1.45. The lowest BCUT2D eigenvalue weighted by Gasteiger charge is -2.54. The molecular formula is C21H25NO3. The van der Waals surface area contributed by atoms with Gasteiger partial charge in [-0.05, 0) is 59.6 Å². The van der Waals surface area contributed by atoms with Gasteiger partial charge in [0.25, 0.3) is 0 Å². The maximum absolute atomic E-state index is 6.34. The second-order valence-corrected chi connectivity index (χ2v) is 9.10. The van der Waals surface area contributed by atoms with Crippen LogP contribution in [0.4, 0.5) is 0 Å². The Morgan fingerprint density at radius 3 is 2.80 bits per heavy atom. The van der Waals surface area contributed by atoms with Gasteiger partial charge in [-0.2, -0.15) is 0 Å². The third-order valence-electron chi connectivity index (χ3n) is 8.79. The highest BCUT2D eigenvalue weighted by Gasteiger charge is 2.88. The minimum Gasteiger partial charge on any atom is -0.497 e. The van der Waals surface area contributed by atoms with E-state index in [0.717, 1.165) is 61.0 Å². The lowest BCUT2D eigenvalue weighted by Crippen LogP contribution is -2.62. The zero-order valence-corrected chi connectivity index (χ0v) is 14.6. The van der Waals surface area contributed by atoms with Gasteiger partial charge in [0.1, 0.15) is 5.75 Å². The van der Waals surface area contributed by atoms with Gasteiger partial charge in [-0.3, -0.25) is 0 Å². The molecule has 6 aliphatic rings. The van der Waals surface area contributed by atoms with Crippen molar-refractivity contribution in [1.82, 2.24) is 5.32 Å². The first-order chi connectivity index (χ1) is 12.3. The average molecular weight is 339 g/mol. The number of nitrogens with one attached hydrogen (secondary N) is 1. The predicted octanol–water partition coefficient (Wildman–Crippen LogP) is 2.28. The molecule has 9 atom stereocenters. The summed E-state index contributed by atoms with van der Waals surface area (Å²) < 4.78 is 18.1. The Labute approximate surface area is 148 Å². The second-order valence-electron chi connectivity index (χ2n) is 9.10. The standard InChI is InChI=1S/C21H25NO3/c1-23-11-4-2-3-10(7-11)9-22-20-16-12-8-13-15-14(12)17(20)19(15)21(18(13)16)24-5-6-25-21/h2-4,7,12-20,22H,5-6,8-9H2,1H3/t12-,13+,14-,15+,16+,17-,18-,19+,20-/m0/s1. The average Bonchev–Trinajstić information content (AvgIpc) is 3.31. The summed E-state index contributed by atoms with van der Waals surface area (Å²) in [5.41, 5.74) is 1.32. The van der Waals surface area contributed by atoms with Gasteiger partial charge in [0, 0.05) is 24.4 Å². The Morgan fingerprint density at radius 2 is 1.96 bits per heavy atom. The van der Waals surface area contributed by atoms with Crippen LogP contribution in [0, 0.1) is 47.3 Å². The molecule has 1 heterocycles. The summed E-state index contributed by atoms with van der Waals surface area (Å²) >= 11 is 0. The van der Waals surface area contributed by atoms with E-state index in [-0.39, 0.29) is 5.79 Å². The van der Waals surface area contributed by atoms with E-state index in [0.29, 0.717) is 17.9 Å². The van der Waals surface area contributed by atoms with Crippen LogP contribution in [0.1, 0.15) is 12.0 Å². The third-order valence-corrected chi connectivity index (χ3v) is 8.79. The fourth-order valence-corrected chi connectivity index (χ4v) is 8.60. The number of fused-ring (bicyclic) bond motifs is 4. The SMILES string of the molecule is COc1cccc(CN[C@@H]2[C@H]3[C@H]4[C@@H]5C[C@@H]6[C@H]4[C@H]3C3(OCCO3)[C@@H]6[C@@H]52)c1. The maximum atomic E-state index is 6.34. The van der Waals surface area contributed by atoms with E-state index in [4.69, 9.17) is 14.2 Å². The van der Waals surface area contributed by atoms with Crippen LogP contribution in [0.25, 0.3) is 0 Å². The fraction of sp³-hybridized carbons (Fsp3) is 0.714. The van der Waals surface area contributed by atoms with E-state index in [1.165, 1.54) is 12.0 Å². The molecule has 1 N–H and O–H groups in total. The molecule has 1 spiro atoms. The van der Waals surface area contributed by atoms with Crippen LogP contribution < -0.4 is 10.1 Å². The molecule has 1 aromatic carbocycles. The third kappa shape index (κ3) is 1.39. The predicted molar refractivity (Wildman–Crippen MR) is 90.8 cm³/mol. The van der Waals surface area contributed by atoms with Crippen LogP contribution in [0.5, 0.6) is 5.75 Å². The molecule has 4 heteroatoms. The quantitative estimate of drug-likeness (QED) is 0.914. The number of ether oxygens (including phenoxy) is 3. The molecular weight excluding hydrogens is 314 g/mol. The lowest BCUT2D eigenvalue weighted by atomic mass is 9.57. The van der Waals surface area contributed by atoms with Crippen molar-refractivity contribution in [1.29, 1.82) is 0 Å². The minimum absolute atomic E-state index is 0.180. The molecule has 0 amide bonds. The van der Waals surface area contributed by atoms with Crippen LogP contribution >= 0.6 is 0 Å². The topological polar surface area (TPSA) is 39.7 Å². The van der Waals surface area contributed by atoms with E-state index in [2.05, 4.69) is 23.5 Å². The zero-order valence-electron chi connectivity index (χ0n) is 14.6. The van der Waals surface area contributed by atoms with E-state index in [9.17, 15) is 0 Å². The normalized spacial score (nSPS) is 51.6. The highest BCUT2D eigenvalue weighted by Crippen LogP contribution is 2.86. The number of rotatable bonds is 4. The molecule has 1 aliphatic heterocycles. The molecule has 0 aromatic heterocycles. The highest BCUT2D eigenvalue weighted by atomic mass is 16.7. The van der Waals surface area contributed by atoms with Crippen molar-refractivity contribution in [3.05, 3.63) is 29.8 Å². The van der Waals surface area contributed by atoms with Crippen molar-refractivity contribution in [2.45, 2.75) is 24.8 Å². The van der Waals surface area contributed by atoms with Crippen molar-refractivity contribution >= 4 is 0 Å². The molecule has 7 rings (SSSR count). The molecule has 0 radical (unpaired) electrons. The van der Waals surface area contributed by atoms with E-state index >= 15 is 0 Å². The smallest absolute Gasteiger partial charge is 0.175 e. The molecule has 4 nitrogen and oxygen atoms in total. The maximum Gasteiger partial charge on any atom is 0.175 e. The van der Waals surface area contributed by atoms with Gasteiger partial charge in [-0.15, -0.1) is 0 Å². The minimum atomic E-state index is -0.180. The van der Waals surface area contributed by atoms with Gasteiger partial charge in [-0.1, -0.05) is 12.1 Å². The largest absolute Gasteiger partial charge is 0.497 e. The Morgan fingerprint density at radius 1 is 1.08 bits per heavy atom. The second kappa shape index (κ2) is 4.41. The zero-order chi connectivity index (χ0) is 16.3. The summed E-state index contributed by atoms with van der Waals surface area (Å²) in [5.74, 6) is 7.37.